The minimum atomic E-state index is 0.0416. The van der Waals surface area contributed by atoms with Crippen LogP contribution in [0, 0.1) is 0 Å². The third-order valence-electron chi connectivity index (χ3n) is 2.48. The van der Waals surface area contributed by atoms with E-state index in [4.69, 9.17) is 26.2 Å². The first-order valence-electron chi connectivity index (χ1n) is 6.43. The first-order chi connectivity index (χ1) is 9.08. The van der Waals surface area contributed by atoms with Crippen LogP contribution < -0.4 is 14.8 Å². The van der Waals surface area contributed by atoms with Gasteiger partial charge in [-0.15, -0.1) is 0 Å². The molecule has 108 valence electrons. The summed E-state index contributed by atoms with van der Waals surface area (Å²) < 4.78 is 11.0. The maximum Gasteiger partial charge on any atom is 0.180 e. The molecule has 0 fully saturated rings. The smallest absolute Gasteiger partial charge is 0.180 e. The van der Waals surface area contributed by atoms with Gasteiger partial charge < -0.3 is 19.9 Å². The Hall–Kier alpha value is -0.970. The van der Waals surface area contributed by atoms with Gasteiger partial charge in [0.25, 0.3) is 0 Å². The summed E-state index contributed by atoms with van der Waals surface area (Å²) in [5.74, 6) is 1.22. The minimum Gasteiger partial charge on any atom is -0.493 e. The van der Waals surface area contributed by atoms with Gasteiger partial charge in [0, 0.05) is 13.2 Å². The number of hydrogen-bond donors (Lipinski definition) is 2. The van der Waals surface area contributed by atoms with Gasteiger partial charge in [-0.1, -0.05) is 11.6 Å². The molecule has 0 heterocycles. The van der Waals surface area contributed by atoms with Crippen LogP contribution >= 0.6 is 11.6 Å². The van der Waals surface area contributed by atoms with E-state index < -0.39 is 0 Å². The van der Waals surface area contributed by atoms with E-state index in [9.17, 15) is 0 Å². The average molecular weight is 288 g/mol. The summed E-state index contributed by atoms with van der Waals surface area (Å²) in [4.78, 5) is 0. The number of aliphatic hydroxyl groups is 1. The molecule has 0 saturated carbocycles. The molecule has 19 heavy (non-hydrogen) atoms. The van der Waals surface area contributed by atoms with Crippen LogP contribution in [0.4, 0.5) is 0 Å². The fraction of sp³-hybridized carbons (Fsp3) is 0.571. The number of ether oxygens (including phenoxy) is 2. The van der Waals surface area contributed by atoms with Crippen LogP contribution in [-0.4, -0.2) is 31.5 Å². The SMILES string of the molecule is COc1cc(CNCCCO)cc(Cl)c1OC(C)C. The lowest BCUT2D eigenvalue weighted by molar-refractivity contribution is 0.230. The maximum absolute atomic E-state index is 8.71. The normalized spacial score (nSPS) is 10.8. The van der Waals surface area contributed by atoms with Gasteiger partial charge in [0.05, 0.1) is 18.2 Å². The predicted octanol–water partition coefficient (Wildman–Crippen LogP) is 2.61. The Bertz CT molecular complexity index is 397. The van der Waals surface area contributed by atoms with Gasteiger partial charge in [-0.2, -0.15) is 0 Å². The molecule has 4 nitrogen and oxygen atoms in total. The molecule has 0 unspecified atom stereocenters. The van der Waals surface area contributed by atoms with Crippen molar-refractivity contribution in [2.45, 2.75) is 32.9 Å². The molecule has 5 heteroatoms. The monoisotopic (exact) mass is 287 g/mol. The summed E-state index contributed by atoms with van der Waals surface area (Å²) >= 11 is 6.22. The largest absolute Gasteiger partial charge is 0.493 e. The van der Waals surface area contributed by atoms with Gasteiger partial charge in [0.15, 0.2) is 11.5 Å². The molecule has 2 N–H and O–H groups in total. The van der Waals surface area contributed by atoms with E-state index in [0.717, 1.165) is 18.5 Å². The highest BCUT2D eigenvalue weighted by molar-refractivity contribution is 6.32. The third kappa shape index (κ3) is 5.27. The molecule has 0 aliphatic rings. The molecule has 0 saturated heterocycles. The molecule has 0 aromatic heterocycles. The standard InChI is InChI=1S/C14H22ClNO3/c1-10(2)19-14-12(15)7-11(8-13(14)18-3)9-16-5-4-6-17/h7-8,10,16-17H,4-6,9H2,1-3H3. The molecule has 0 atom stereocenters. The second kappa shape index (κ2) is 8.25. The molecule has 1 rings (SSSR count). The second-order valence-corrected chi connectivity index (χ2v) is 4.94. The number of halogens is 1. The number of aliphatic hydroxyl groups excluding tert-OH is 1. The van der Waals surface area contributed by atoms with Crippen molar-refractivity contribution in [3.63, 3.8) is 0 Å². The van der Waals surface area contributed by atoms with Crippen LogP contribution in [0.5, 0.6) is 11.5 Å². The van der Waals surface area contributed by atoms with Crippen LogP contribution in [0.3, 0.4) is 0 Å². The van der Waals surface area contributed by atoms with E-state index in [2.05, 4.69) is 5.32 Å². The van der Waals surface area contributed by atoms with Crippen molar-refractivity contribution < 1.29 is 14.6 Å². The number of nitrogens with one attached hydrogen (secondary N) is 1. The van der Waals surface area contributed by atoms with Crippen molar-refractivity contribution in [2.24, 2.45) is 0 Å². The Kier molecular flexibility index (Phi) is 6.99. The van der Waals surface area contributed by atoms with Crippen molar-refractivity contribution in [3.05, 3.63) is 22.7 Å². The number of benzene rings is 1. The zero-order valence-electron chi connectivity index (χ0n) is 11.7. The lowest BCUT2D eigenvalue weighted by atomic mass is 10.2. The Morgan fingerprint density at radius 3 is 2.68 bits per heavy atom. The molecular formula is C14H22ClNO3. The summed E-state index contributed by atoms with van der Waals surface area (Å²) in [7, 11) is 1.60. The molecule has 0 spiro atoms. The molecule has 0 bridgehead atoms. The van der Waals surface area contributed by atoms with Crippen LogP contribution in [0.2, 0.25) is 5.02 Å². The highest BCUT2D eigenvalue weighted by atomic mass is 35.5. The minimum absolute atomic E-state index is 0.0416. The van der Waals surface area contributed by atoms with Crippen LogP contribution in [0.1, 0.15) is 25.8 Å². The fourth-order valence-corrected chi connectivity index (χ4v) is 1.94. The molecule has 1 aromatic carbocycles. The zero-order chi connectivity index (χ0) is 14.3. The number of hydrogen-bond acceptors (Lipinski definition) is 4. The molecular weight excluding hydrogens is 266 g/mol. The van der Waals surface area contributed by atoms with Gasteiger partial charge in [-0.05, 0) is 44.5 Å². The van der Waals surface area contributed by atoms with E-state index in [1.54, 1.807) is 7.11 Å². The van der Waals surface area contributed by atoms with Crippen LogP contribution in [0.15, 0.2) is 12.1 Å². The molecule has 0 amide bonds. The zero-order valence-corrected chi connectivity index (χ0v) is 12.5. The summed E-state index contributed by atoms with van der Waals surface area (Å²) in [6.07, 6.45) is 0.777. The topological polar surface area (TPSA) is 50.7 Å². The Labute approximate surface area is 119 Å². The summed E-state index contributed by atoms with van der Waals surface area (Å²) in [5, 5.41) is 12.5. The molecule has 1 aromatic rings. The van der Waals surface area contributed by atoms with Crippen LogP contribution in [-0.2, 0) is 6.54 Å². The van der Waals surface area contributed by atoms with Gasteiger partial charge in [-0.3, -0.25) is 0 Å². The summed E-state index contributed by atoms with van der Waals surface area (Å²) in [6, 6.07) is 3.78. The lowest BCUT2D eigenvalue weighted by Gasteiger charge is -2.16. The van der Waals surface area contributed by atoms with E-state index in [1.807, 2.05) is 26.0 Å². The van der Waals surface area contributed by atoms with Gasteiger partial charge in [0.2, 0.25) is 0 Å². The van der Waals surface area contributed by atoms with E-state index in [-0.39, 0.29) is 12.7 Å². The second-order valence-electron chi connectivity index (χ2n) is 4.53. The maximum atomic E-state index is 8.71. The van der Waals surface area contributed by atoms with Gasteiger partial charge in [-0.25, -0.2) is 0 Å². The van der Waals surface area contributed by atoms with Crippen molar-refractivity contribution >= 4 is 11.6 Å². The third-order valence-corrected chi connectivity index (χ3v) is 2.76. The summed E-state index contributed by atoms with van der Waals surface area (Å²) in [5.41, 5.74) is 1.02. The first kappa shape index (κ1) is 16.1. The molecule has 0 radical (unpaired) electrons. The van der Waals surface area contributed by atoms with Gasteiger partial charge >= 0.3 is 0 Å². The predicted molar refractivity (Wildman–Crippen MR) is 77.2 cm³/mol. The van der Waals surface area contributed by atoms with Crippen molar-refractivity contribution in [1.29, 1.82) is 0 Å². The van der Waals surface area contributed by atoms with Crippen molar-refractivity contribution in [2.75, 3.05) is 20.3 Å². The Morgan fingerprint density at radius 1 is 1.37 bits per heavy atom. The number of methoxy groups -OCH3 is 1. The Balaban J connectivity index is 2.77. The molecule has 0 aliphatic carbocycles. The lowest BCUT2D eigenvalue weighted by Crippen LogP contribution is -2.16. The van der Waals surface area contributed by atoms with Crippen LogP contribution in [0.25, 0.3) is 0 Å². The highest BCUT2D eigenvalue weighted by Crippen LogP contribution is 2.37. The van der Waals surface area contributed by atoms with Crippen molar-refractivity contribution in [1.82, 2.24) is 5.32 Å². The van der Waals surface area contributed by atoms with E-state index in [0.29, 0.717) is 23.1 Å². The molecule has 0 aliphatic heterocycles. The first-order valence-corrected chi connectivity index (χ1v) is 6.81. The van der Waals surface area contributed by atoms with Gasteiger partial charge in [0.1, 0.15) is 0 Å². The Morgan fingerprint density at radius 2 is 2.11 bits per heavy atom. The van der Waals surface area contributed by atoms with Crippen molar-refractivity contribution in [3.8, 4) is 11.5 Å². The summed E-state index contributed by atoms with van der Waals surface area (Å²) in [6.45, 7) is 5.53. The fourth-order valence-electron chi connectivity index (χ4n) is 1.66. The van der Waals surface area contributed by atoms with E-state index >= 15 is 0 Å². The quantitative estimate of drug-likeness (QED) is 0.722. The van der Waals surface area contributed by atoms with E-state index in [1.165, 1.54) is 0 Å². The highest BCUT2D eigenvalue weighted by Gasteiger charge is 2.13. The average Bonchev–Trinajstić information content (AvgIpc) is 2.37. The number of rotatable bonds is 8.